The van der Waals surface area contributed by atoms with Gasteiger partial charge in [0.2, 0.25) is 0 Å². The van der Waals surface area contributed by atoms with E-state index in [0.717, 1.165) is 18.2 Å². The Morgan fingerprint density at radius 3 is 2.65 bits per heavy atom. The van der Waals surface area contributed by atoms with Gasteiger partial charge in [-0.3, -0.25) is 4.90 Å². The standard InChI is InChI=1S/C14H20N2S/c1-16(12-7-3-4-8-12)10-11-6-2-5-9-13(11)14(15)17/h2,5-6,9,12H,3-4,7-8,10H2,1H3,(H2,15,17). The zero-order chi connectivity index (χ0) is 12.3. The number of thiocarbonyl (C=S) groups is 1. The van der Waals surface area contributed by atoms with Crippen molar-refractivity contribution in [3.63, 3.8) is 0 Å². The van der Waals surface area contributed by atoms with Gasteiger partial charge in [-0.1, -0.05) is 49.3 Å². The summed E-state index contributed by atoms with van der Waals surface area (Å²) in [6.07, 6.45) is 5.38. The molecule has 17 heavy (non-hydrogen) atoms. The minimum absolute atomic E-state index is 0.500. The number of nitrogens with zero attached hydrogens (tertiary/aromatic N) is 1. The van der Waals surface area contributed by atoms with Gasteiger partial charge in [0.25, 0.3) is 0 Å². The average Bonchev–Trinajstić information content (AvgIpc) is 2.83. The topological polar surface area (TPSA) is 29.3 Å². The molecule has 1 saturated carbocycles. The molecule has 2 rings (SSSR count). The van der Waals surface area contributed by atoms with E-state index in [1.165, 1.54) is 31.2 Å². The highest BCUT2D eigenvalue weighted by Crippen LogP contribution is 2.24. The van der Waals surface area contributed by atoms with E-state index in [-0.39, 0.29) is 0 Å². The van der Waals surface area contributed by atoms with E-state index in [9.17, 15) is 0 Å². The molecule has 1 fully saturated rings. The number of hydrogen-bond donors (Lipinski definition) is 1. The van der Waals surface area contributed by atoms with Crippen molar-refractivity contribution in [2.75, 3.05) is 7.05 Å². The molecule has 0 bridgehead atoms. The van der Waals surface area contributed by atoms with Crippen LogP contribution < -0.4 is 5.73 Å². The normalized spacial score (nSPS) is 16.6. The Labute approximate surface area is 109 Å². The summed E-state index contributed by atoms with van der Waals surface area (Å²) in [5.41, 5.74) is 8.02. The molecular weight excluding hydrogens is 228 g/mol. The molecule has 2 nitrogen and oxygen atoms in total. The highest BCUT2D eigenvalue weighted by Gasteiger charge is 2.20. The SMILES string of the molecule is CN(Cc1ccccc1C(N)=S)C1CCCC1. The van der Waals surface area contributed by atoms with E-state index in [4.69, 9.17) is 18.0 Å². The Balaban J connectivity index is 2.09. The molecule has 1 aliphatic rings. The van der Waals surface area contributed by atoms with Crippen molar-refractivity contribution in [2.45, 2.75) is 38.3 Å². The third kappa shape index (κ3) is 3.05. The second-order valence-electron chi connectivity index (χ2n) is 4.87. The van der Waals surface area contributed by atoms with Crippen molar-refractivity contribution < 1.29 is 0 Å². The fraction of sp³-hybridized carbons (Fsp3) is 0.500. The van der Waals surface area contributed by atoms with Crippen molar-refractivity contribution in [2.24, 2.45) is 5.73 Å². The highest BCUT2D eigenvalue weighted by molar-refractivity contribution is 7.80. The summed E-state index contributed by atoms with van der Waals surface area (Å²) in [5.74, 6) is 0. The molecule has 2 N–H and O–H groups in total. The van der Waals surface area contributed by atoms with Gasteiger partial charge < -0.3 is 5.73 Å². The lowest BCUT2D eigenvalue weighted by Crippen LogP contribution is -2.29. The maximum atomic E-state index is 5.76. The van der Waals surface area contributed by atoms with E-state index in [0.29, 0.717) is 4.99 Å². The van der Waals surface area contributed by atoms with Crippen LogP contribution in [-0.4, -0.2) is 23.0 Å². The predicted molar refractivity (Wildman–Crippen MR) is 76.1 cm³/mol. The Hall–Kier alpha value is -0.930. The summed E-state index contributed by atoms with van der Waals surface area (Å²) in [5, 5.41) is 0. The summed E-state index contributed by atoms with van der Waals surface area (Å²) in [7, 11) is 2.20. The first-order valence-electron chi connectivity index (χ1n) is 6.26. The molecule has 0 aliphatic heterocycles. The molecule has 1 aromatic carbocycles. The van der Waals surface area contributed by atoms with Crippen LogP contribution in [0.5, 0.6) is 0 Å². The lowest BCUT2D eigenvalue weighted by molar-refractivity contribution is 0.237. The summed E-state index contributed by atoms with van der Waals surface area (Å²) < 4.78 is 0. The fourth-order valence-electron chi connectivity index (χ4n) is 2.64. The molecule has 0 aromatic heterocycles. The van der Waals surface area contributed by atoms with Gasteiger partial charge in [0.15, 0.2) is 0 Å². The minimum Gasteiger partial charge on any atom is -0.389 e. The molecule has 1 aromatic rings. The van der Waals surface area contributed by atoms with Crippen molar-refractivity contribution in [1.82, 2.24) is 4.90 Å². The fourth-order valence-corrected chi connectivity index (χ4v) is 2.84. The maximum Gasteiger partial charge on any atom is 0.104 e. The lowest BCUT2D eigenvalue weighted by atomic mass is 10.1. The molecule has 0 spiro atoms. The predicted octanol–water partition coefficient (Wildman–Crippen LogP) is 2.70. The van der Waals surface area contributed by atoms with Gasteiger partial charge in [0.1, 0.15) is 4.99 Å². The summed E-state index contributed by atoms with van der Waals surface area (Å²) in [4.78, 5) is 2.94. The molecule has 92 valence electrons. The molecule has 0 unspecified atom stereocenters. The molecule has 0 atom stereocenters. The van der Waals surface area contributed by atoms with E-state index < -0.39 is 0 Å². The average molecular weight is 248 g/mol. The van der Waals surface area contributed by atoms with E-state index in [1.54, 1.807) is 0 Å². The quantitative estimate of drug-likeness (QED) is 0.831. The molecule has 0 saturated heterocycles. The highest BCUT2D eigenvalue weighted by atomic mass is 32.1. The van der Waals surface area contributed by atoms with Crippen molar-refractivity contribution in [1.29, 1.82) is 0 Å². The van der Waals surface area contributed by atoms with Crippen LogP contribution in [0.3, 0.4) is 0 Å². The minimum atomic E-state index is 0.500. The van der Waals surface area contributed by atoms with Gasteiger partial charge >= 0.3 is 0 Å². The monoisotopic (exact) mass is 248 g/mol. The van der Waals surface area contributed by atoms with Crippen molar-refractivity contribution in [3.05, 3.63) is 35.4 Å². The number of hydrogen-bond acceptors (Lipinski definition) is 2. The second-order valence-corrected chi connectivity index (χ2v) is 5.31. The van der Waals surface area contributed by atoms with Gasteiger partial charge in [0.05, 0.1) is 0 Å². The van der Waals surface area contributed by atoms with Crippen LogP contribution in [-0.2, 0) is 6.54 Å². The van der Waals surface area contributed by atoms with Crippen LogP contribution >= 0.6 is 12.2 Å². The van der Waals surface area contributed by atoms with E-state index >= 15 is 0 Å². The van der Waals surface area contributed by atoms with Crippen molar-refractivity contribution in [3.8, 4) is 0 Å². The smallest absolute Gasteiger partial charge is 0.104 e. The largest absolute Gasteiger partial charge is 0.389 e. The Kier molecular flexibility index (Phi) is 4.13. The van der Waals surface area contributed by atoms with Crippen LogP contribution in [0, 0.1) is 0 Å². The molecule has 1 aliphatic carbocycles. The second kappa shape index (κ2) is 5.61. The third-order valence-corrected chi connectivity index (χ3v) is 3.87. The zero-order valence-corrected chi connectivity index (χ0v) is 11.2. The number of benzene rings is 1. The van der Waals surface area contributed by atoms with Crippen LogP contribution in [0.15, 0.2) is 24.3 Å². The molecule has 0 heterocycles. The molecule has 0 radical (unpaired) electrons. The van der Waals surface area contributed by atoms with Gasteiger partial charge in [-0.25, -0.2) is 0 Å². The first-order chi connectivity index (χ1) is 8.18. The summed E-state index contributed by atoms with van der Waals surface area (Å²) >= 11 is 5.10. The summed E-state index contributed by atoms with van der Waals surface area (Å²) in [6.45, 7) is 0.943. The Bertz CT molecular complexity index is 397. The molecule has 0 amide bonds. The van der Waals surface area contributed by atoms with Crippen LogP contribution in [0.1, 0.15) is 36.8 Å². The lowest BCUT2D eigenvalue weighted by Gasteiger charge is -2.25. The van der Waals surface area contributed by atoms with Crippen LogP contribution in [0.2, 0.25) is 0 Å². The van der Waals surface area contributed by atoms with E-state index in [2.05, 4.69) is 24.1 Å². The van der Waals surface area contributed by atoms with Crippen LogP contribution in [0.4, 0.5) is 0 Å². The van der Waals surface area contributed by atoms with Gasteiger partial charge in [-0.15, -0.1) is 0 Å². The number of nitrogens with two attached hydrogens (primary N) is 1. The van der Waals surface area contributed by atoms with Gasteiger partial charge in [0, 0.05) is 18.2 Å². The summed E-state index contributed by atoms with van der Waals surface area (Å²) in [6, 6.07) is 8.92. The Morgan fingerprint density at radius 1 is 1.35 bits per heavy atom. The maximum absolute atomic E-state index is 5.76. The number of rotatable bonds is 4. The Morgan fingerprint density at radius 2 is 2.00 bits per heavy atom. The van der Waals surface area contributed by atoms with Crippen LogP contribution in [0.25, 0.3) is 0 Å². The van der Waals surface area contributed by atoms with Gasteiger partial charge in [-0.05, 0) is 25.5 Å². The van der Waals surface area contributed by atoms with E-state index in [1.807, 2.05) is 12.1 Å². The molecule has 3 heteroatoms. The molecular formula is C14H20N2S. The van der Waals surface area contributed by atoms with Crippen molar-refractivity contribution >= 4 is 17.2 Å². The zero-order valence-electron chi connectivity index (χ0n) is 10.4. The van der Waals surface area contributed by atoms with Gasteiger partial charge in [-0.2, -0.15) is 0 Å². The third-order valence-electron chi connectivity index (χ3n) is 3.65. The first kappa shape index (κ1) is 12.5. The first-order valence-corrected chi connectivity index (χ1v) is 6.67.